The van der Waals surface area contributed by atoms with Gasteiger partial charge in [0.1, 0.15) is 53.2 Å². The van der Waals surface area contributed by atoms with Gasteiger partial charge in [0, 0.05) is 32.0 Å². The number of rotatable bonds is 19. The van der Waals surface area contributed by atoms with Crippen molar-refractivity contribution in [3.05, 3.63) is 91.0 Å². The topological polar surface area (TPSA) is 216 Å². The summed E-state index contributed by atoms with van der Waals surface area (Å²) in [6.45, 7) is 18.1. The molecule has 3 aliphatic heterocycles. The lowest BCUT2D eigenvalue weighted by atomic mass is 9.77. The Bertz CT molecular complexity index is 2260. The van der Waals surface area contributed by atoms with Crippen molar-refractivity contribution >= 4 is 35.1 Å². The predicted molar refractivity (Wildman–Crippen MR) is 310 cm³/mol. The predicted octanol–water partition coefficient (Wildman–Crippen LogP) is 2.22. The van der Waals surface area contributed by atoms with Gasteiger partial charge in [0.05, 0.1) is 86.6 Å². The number of nitrogens with zero attached hydrogens (tertiary/aromatic N) is 2. The van der Waals surface area contributed by atoms with Crippen LogP contribution in [-0.2, 0) is 47.5 Å². The second-order valence-electron chi connectivity index (χ2n) is 23.8. The van der Waals surface area contributed by atoms with Gasteiger partial charge in [-0.05, 0) is 124 Å². The lowest BCUT2D eigenvalue weighted by molar-refractivity contribution is -0.318. The maximum absolute atomic E-state index is 14.7. The lowest BCUT2D eigenvalue weighted by Gasteiger charge is -2.48. The number of methoxy groups -OCH3 is 1. The van der Waals surface area contributed by atoms with Gasteiger partial charge in [-0.25, -0.2) is 0 Å². The van der Waals surface area contributed by atoms with E-state index < -0.39 is 109 Å². The average molecular weight is 1220 g/mol. The molecule has 0 aromatic heterocycles. The molecule has 3 aromatic rings. The normalized spacial score (nSPS) is 35.8. The summed E-state index contributed by atoms with van der Waals surface area (Å²) in [5.41, 5.74) is -4.91. The molecule has 0 radical (unpaired) electrons. The zero-order valence-electron chi connectivity index (χ0n) is 50.1. The van der Waals surface area contributed by atoms with E-state index in [1.165, 1.54) is 34.8 Å². The molecule has 3 aliphatic rings. The number of carbonyl (C=O) groups excluding carboxylic acids is 2. The standard InChI is InChI=1S/C62H96N2O15P.BrH/c1-14-50-62(10,71)55(67)44(6)64(51(65)30-31-73-32-33-74-34-35-80(46-24-18-15-19-25-46,47-26-20-16-21-27-47)48-28-22-17-23-29-48)39-40(2)37-60(8,70)57(79-59-53(66)49(63(11)12)36-41(3)75-59)42(4)54(43(5)58(69)77-50)78-52-38-61(9,72-13)56(68)45(7)76-52;/h15-29,40-45,49-50,52-57,59,66-68,70-71H,14,30-39H2,1-13H3;1H/q+1;/p-1/t40-,41-,42+,43-,44-,45+,49+,50-,52+,53-,54+,55-,56+,57-,59+,60-,61-,62-;/m1./s1. The Morgan fingerprint density at radius 3 is 1.83 bits per heavy atom. The molecule has 81 heavy (non-hydrogen) atoms. The fourth-order valence-corrected chi connectivity index (χ4v) is 16.7. The summed E-state index contributed by atoms with van der Waals surface area (Å²) in [5, 5.41) is 64.2. The van der Waals surface area contributed by atoms with Crippen LogP contribution in [0.3, 0.4) is 0 Å². The number of likely N-dealkylation sites (N-methyl/N-ethyl adjacent to an activating group) is 1. The molecule has 19 heteroatoms. The second kappa shape index (κ2) is 30.4. The Morgan fingerprint density at radius 1 is 0.765 bits per heavy atom. The summed E-state index contributed by atoms with van der Waals surface area (Å²) in [7, 11) is 3.13. The molecule has 18 atom stereocenters. The van der Waals surface area contributed by atoms with Gasteiger partial charge in [-0.2, -0.15) is 0 Å². The number of hydrogen-bond donors (Lipinski definition) is 5. The van der Waals surface area contributed by atoms with Crippen LogP contribution in [0.25, 0.3) is 0 Å². The summed E-state index contributed by atoms with van der Waals surface area (Å²) in [6, 6.07) is 30.5. The highest BCUT2D eigenvalue weighted by molar-refractivity contribution is 7.95. The van der Waals surface area contributed by atoms with Crippen LogP contribution in [0.15, 0.2) is 91.0 Å². The van der Waals surface area contributed by atoms with E-state index in [2.05, 4.69) is 72.8 Å². The highest BCUT2D eigenvalue weighted by Crippen LogP contribution is 2.55. The van der Waals surface area contributed by atoms with E-state index in [0.29, 0.717) is 19.6 Å². The molecule has 3 aromatic carbocycles. The van der Waals surface area contributed by atoms with Crippen molar-refractivity contribution in [2.45, 2.75) is 192 Å². The van der Waals surface area contributed by atoms with Crippen molar-refractivity contribution in [2.75, 3.05) is 60.3 Å². The number of aliphatic hydroxyl groups is 5. The molecule has 0 spiro atoms. The zero-order chi connectivity index (χ0) is 58.7. The molecule has 0 saturated carbocycles. The number of esters is 1. The first-order valence-electron chi connectivity index (χ1n) is 28.9. The molecular formula is C62H96BrN2O15P. The number of halogens is 1. The van der Waals surface area contributed by atoms with Gasteiger partial charge >= 0.3 is 5.97 Å². The van der Waals surface area contributed by atoms with Crippen molar-refractivity contribution in [3.63, 3.8) is 0 Å². The van der Waals surface area contributed by atoms with E-state index in [1.807, 2.05) is 51.0 Å². The molecule has 17 nitrogen and oxygen atoms in total. The Morgan fingerprint density at radius 2 is 1.31 bits per heavy atom. The third-order valence-corrected chi connectivity index (χ3v) is 21.6. The van der Waals surface area contributed by atoms with Crippen molar-refractivity contribution in [3.8, 4) is 0 Å². The van der Waals surface area contributed by atoms with Gasteiger partial charge in [0.2, 0.25) is 5.91 Å². The van der Waals surface area contributed by atoms with Crippen LogP contribution < -0.4 is 32.9 Å². The Hall–Kier alpha value is -3.01. The summed E-state index contributed by atoms with van der Waals surface area (Å²) in [4.78, 5) is 32.7. The van der Waals surface area contributed by atoms with Crippen LogP contribution in [0.4, 0.5) is 0 Å². The van der Waals surface area contributed by atoms with Crippen LogP contribution in [0.1, 0.15) is 101 Å². The monoisotopic (exact) mass is 1220 g/mol. The van der Waals surface area contributed by atoms with Gasteiger partial charge in [0.15, 0.2) is 12.6 Å². The zero-order valence-corrected chi connectivity index (χ0v) is 52.6. The minimum Gasteiger partial charge on any atom is -1.00 e. The van der Waals surface area contributed by atoms with Crippen LogP contribution >= 0.6 is 7.26 Å². The highest BCUT2D eigenvalue weighted by Gasteiger charge is 2.53. The molecule has 3 saturated heterocycles. The van der Waals surface area contributed by atoms with Crippen LogP contribution in [0.5, 0.6) is 0 Å². The lowest BCUT2D eigenvalue weighted by Crippen LogP contribution is -3.00. The molecule has 1 amide bonds. The van der Waals surface area contributed by atoms with Crippen LogP contribution in [0, 0.1) is 17.8 Å². The highest BCUT2D eigenvalue weighted by atomic mass is 79.9. The summed E-state index contributed by atoms with van der Waals surface area (Å²) < 4.78 is 50.5. The first-order valence-corrected chi connectivity index (χ1v) is 30.8. The fourth-order valence-electron chi connectivity index (χ4n) is 12.5. The molecule has 0 unspecified atom stereocenters. The third-order valence-electron chi connectivity index (χ3n) is 17.2. The maximum atomic E-state index is 14.7. The number of amides is 1. The van der Waals surface area contributed by atoms with Gasteiger partial charge in [-0.15, -0.1) is 0 Å². The maximum Gasteiger partial charge on any atom is 0.311 e. The molecule has 3 heterocycles. The molecule has 6 rings (SSSR count). The van der Waals surface area contributed by atoms with E-state index in [4.69, 9.17) is 37.9 Å². The van der Waals surface area contributed by atoms with E-state index in [9.17, 15) is 35.1 Å². The van der Waals surface area contributed by atoms with Crippen molar-refractivity contribution in [1.82, 2.24) is 9.80 Å². The summed E-state index contributed by atoms with van der Waals surface area (Å²) in [5.74, 6) is -3.60. The number of benzene rings is 3. The molecule has 456 valence electrons. The van der Waals surface area contributed by atoms with Crippen molar-refractivity contribution < 1.29 is 90.0 Å². The van der Waals surface area contributed by atoms with Gasteiger partial charge < -0.3 is 90.2 Å². The Balaban J connectivity index is 0.0000120. The van der Waals surface area contributed by atoms with Crippen molar-refractivity contribution in [2.24, 2.45) is 17.8 Å². The number of hydrogen-bond acceptors (Lipinski definition) is 16. The smallest absolute Gasteiger partial charge is 0.311 e. The van der Waals surface area contributed by atoms with Gasteiger partial charge in [-0.1, -0.05) is 75.4 Å². The Labute approximate surface area is 493 Å². The van der Waals surface area contributed by atoms with Crippen LogP contribution in [0.2, 0.25) is 0 Å². The number of carbonyl (C=O) groups is 2. The first kappa shape index (κ1) is 68.8. The van der Waals surface area contributed by atoms with E-state index in [0.717, 1.165) is 6.16 Å². The van der Waals surface area contributed by atoms with E-state index in [1.54, 1.807) is 48.5 Å². The average Bonchev–Trinajstić information content (AvgIpc) is 3.47. The molecule has 3 fully saturated rings. The number of aliphatic hydroxyl groups excluding tert-OH is 3. The van der Waals surface area contributed by atoms with Gasteiger partial charge in [0.25, 0.3) is 0 Å². The number of ether oxygens (including phenoxy) is 8. The quantitative estimate of drug-likeness (QED) is 0.0661. The Kier molecular flexibility index (Phi) is 25.8. The largest absolute Gasteiger partial charge is 1.00 e. The SMILES string of the molecule is CC[C@H]1OC(=O)[C@H](C)[C@@H](O[C@H]2C[C@@](C)(OC)[C@@H](O)[C@H](C)O2)[C@H](C)[C@@H](O[C@@H]2O[C@H](C)C[C@H](N(C)C)[C@H]2O)[C@](C)(O)C[C@@H](C)CN(C(=O)CCOCCOCC[P+](c2ccccc2)(c2ccccc2)c2ccccc2)[C@H](C)[C@@H](O)[C@]1(C)O.[Br-]. The third kappa shape index (κ3) is 16.5. The van der Waals surface area contributed by atoms with E-state index in [-0.39, 0.29) is 80.5 Å². The number of cyclic esters (lactones) is 1. The minimum absolute atomic E-state index is 0. The minimum atomic E-state index is -2.10. The van der Waals surface area contributed by atoms with Gasteiger partial charge in [-0.3, -0.25) is 9.59 Å². The first-order chi connectivity index (χ1) is 37.8. The van der Waals surface area contributed by atoms with Crippen molar-refractivity contribution in [1.29, 1.82) is 0 Å². The fraction of sp³-hybridized carbons (Fsp3) is 0.677. The van der Waals surface area contributed by atoms with Crippen LogP contribution in [-0.4, -0.2) is 198 Å². The van der Waals surface area contributed by atoms with E-state index >= 15 is 0 Å². The molecule has 0 bridgehead atoms. The molecular weight excluding hydrogens is 1120 g/mol. The summed E-state index contributed by atoms with van der Waals surface area (Å²) >= 11 is 0. The summed E-state index contributed by atoms with van der Waals surface area (Å²) in [6.07, 6.45) is -9.21. The molecule has 0 aliphatic carbocycles. The second-order valence-corrected chi connectivity index (χ2v) is 27.4. The molecule has 5 N–H and O–H groups in total.